The van der Waals surface area contributed by atoms with Crippen LogP contribution >= 0.6 is 0 Å². The van der Waals surface area contributed by atoms with Gasteiger partial charge in [0.1, 0.15) is 37.1 Å². The molecule has 2 N–H and O–H groups in total. The zero-order valence-corrected chi connectivity index (χ0v) is 34.6. The van der Waals surface area contributed by atoms with Gasteiger partial charge in [0.05, 0.1) is 31.4 Å². The van der Waals surface area contributed by atoms with E-state index in [2.05, 4.69) is 36.0 Å². The summed E-state index contributed by atoms with van der Waals surface area (Å²) in [6.45, 7) is 6.52. The lowest BCUT2D eigenvalue weighted by Gasteiger charge is -2.59. The fourth-order valence-electron chi connectivity index (χ4n) is 9.75. The molecule has 60 heavy (non-hydrogen) atoms. The minimum absolute atomic E-state index is 0.0248. The molecule has 1 heterocycles. The lowest BCUT2D eigenvalue weighted by Crippen LogP contribution is -2.70. The van der Waals surface area contributed by atoms with Gasteiger partial charge in [-0.05, 0) is 90.6 Å². The minimum atomic E-state index is -1.46. The molecule has 0 saturated heterocycles. The van der Waals surface area contributed by atoms with Crippen molar-refractivity contribution in [2.75, 3.05) is 33.5 Å². The van der Waals surface area contributed by atoms with Crippen LogP contribution in [0.1, 0.15) is 74.5 Å². The molecule has 1 amide bonds. The normalized spacial score (nSPS) is 23.5. The first kappa shape index (κ1) is 42.9. The van der Waals surface area contributed by atoms with Gasteiger partial charge in [0.2, 0.25) is 5.79 Å². The zero-order chi connectivity index (χ0) is 42.1. The Morgan fingerprint density at radius 3 is 2.50 bits per heavy atom. The van der Waals surface area contributed by atoms with Gasteiger partial charge in [0.15, 0.2) is 0 Å². The smallest absolute Gasteiger partial charge is 0.410 e. The van der Waals surface area contributed by atoms with Crippen LogP contribution in [0.25, 0.3) is 10.8 Å². The maximum absolute atomic E-state index is 14.7. The molecular weight excluding hydrogens is 764 g/mol. The number of halogens is 1. The molecule has 0 bridgehead atoms. The van der Waals surface area contributed by atoms with E-state index in [1.807, 2.05) is 42.5 Å². The van der Waals surface area contributed by atoms with Crippen LogP contribution in [-0.4, -0.2) is 72.3 Å². The van der Waals surface area contributed by atoms with Crippen LogP contribution in [0.15, 0.2) is 114 Å². The second-order valence-electron chi connectivity index (χ2n) is 15.8. The van der Waals surface area contributed by atoms with Gasteiger partial charge >= 0.3 is 6.09 Å². The Morgan fingerprint density at radius 1 is 0.983 bits per heavy atom. The topological polar surface area (TPSA) is 119 Å². The molecule has 6 unspecified atom stereocenters. The van der Waals surface area contributed by atoms with Gasteiger partial charge in [0, 0.05) is 36.7 Å². The maximum atomic E-state index is 14.7. The number of oxime groups is 1. The van der Waals surface area contributed by atoms with E-state index in [1.165, 1.54) is 13.2 Å². The second kappa shape index (κ2) is 19.9. The lowest BCUT2D eigenvalue weighted by atomic mass is 9.55. The number of ether oxygens (including phenoxy) is 4. The van der Waals surface area contributed by atoms with Crippen molar-refractivity contribution < 1.29 is 43.2 Å². The Labute approximate surface area is 352 Å². The number of fused-ring (bicyclic) bond motifs is 3. The molecular formula is C49H57FN2O8. The maximum Gasteiger partial charge on any atom is 0.410 e. The third kappa shape index (κ3) is 8.80. The van der Waals surface area contributed by atoms with Crippen LogP contribution in [0.2, 0.25) is 0 Å². The summed E-state index contributed by atoms with van der Waals surface area (Å²) in [5, 5.41) is 26.5. The number of carbonyl (C=O) groups excluding carboxylic acids is 1. The number of aliphatic hydroxyl groups excluding tert-OH is 2. The van der Waals surface area contributed by atoms with Crippen molar-refractivity contribution in [3.05, 3.63) is 132 Å². The number of aliphatic hydroxyl groups is 2. The van der Waals surface area contributed by atoms with E-state index in [4.69, 9.17) is 23.8 Å². The highest BCUT2D eigenvalue weighted by atomic mass is 19.1. The molecule has 318 valence electrons. The highest BCUT2D eigenvalue weighted by molar-refractivity contribution is 6.03. The molecule has 0 spiro atoms. The molecule has 4 aromatic carbocycles. The zero-order valence-electron chi connectivity index (χ0n) is 34.6. The predicted octanol–water partition coefficient (Wildman–Crippen LogP) is 9.48. The lowest BCUT2D eigenvalue weighted by molar-refractivity contribution is -0.256. The summed E-state index contributed by atoms with van der Waals surface area (Å²) in [4.78, 5) is 21.9. The molecule has 0 radical (unpaired) electrons. The number of unbranched alkanes of at least 4 members (excludes halogenated alkanes) is 2. The molecule has 1 fully saturated rings. The van der Waals surface area contributed by atoms with Crippen molar-refractivity contribution in [3.8, 4) is 11.5 Å². The monoisotopic (exact) mass is 820 g/mol. The summed E-state index contributed by atoms with van der Waals surface area (Å²) >= 11 is 0. The first-order valence-electron chi connectivity index (χ1n) is 21.2. The summed E-state index contributed by atoms with van der Waals surface area (Å²) < 4.78 is 41.3. The predicted molar refractivity (Wildman–Crippen MR) is 229 cm³/mol. The molecule has 7 rings (SSSR count). The van der Waals surface area contributed by atoms with Gasteiger partial charge in [-0.1, -0.05) is 90.8 Å². The van der Waals surface area contributed by atoms with Crippen LogP contribution < -0.4 is 9.47 Å². The second-order valence-corrected chi connectivity index (χ2v) is 15.8. The van der Waals surface area contributed by atoms with E-state index in [0.717, 1.165) is 53.2 Å². The molecule has 3 aliphatic rings. The molecule has 11 heteroatoms. The van der Waals surface area contributed by atoms with Gasteiger partial charge in [0.25, 0.3) is 0 Å². The van der Waals surface area contributed by atoms with Gasteiger partial charge < -0.3 is 34.0 Å². The number of allylic oxidation sites excluding steroid dienone is 1. The van der Waals surface area contributed by atoms with Crippen molar-refractivity contribution >= 4 is 22.6 Å². The van der Waals surface area contributed by atoms with Crippen molar-refractivity contribution in [1.29, 1.82) is 0 Å². The van der Waals surface area contributed by atoms with E-state index in [9.17, 15) is 19.4 Å². The van der Waals surface area contributed by atoms with Gasteiger partial charge in [-0.25, -0.2) is 9.18 Å². The quantitative estimate of drug-likeness (QED) is 0.0546. The first-order valence-corrected chi connectivity index (χ1v) is 21.2. The van der Waals surface area contributed by atoms with Gasteiger partial charge in [-0.3, -0.25) is 4.90 Å². The molecule has 6 atom stereocenters. The number of hydrogen-bond acceptors (Lipinski definition) is 9. The average molecular weight is 821 g/mol. The Morgan fingerprint density at radius 2 is 1.73 bits per heavy atom. The number of nitrogens with zero attached hydrogens (tertiary/aromatic N) is 2. The Balaban J connectivity index is 1.43. The summed E-state index contributed by atoms with van der Waals surface area (Å²) in [5.41, 5.74) is 3.89. The van der Waals surface area contributed by atoms with Crippen molar-refractivity contribution in [2.24, 2.45) is 22.9 Å². The van der Waals surface area contributed by atoms with Crippen LogP contribution in [-0.2, 0) is 27.5 Å². The van der Waals surface area contributed by atoms with Crippen LogP contribution in [0.4, 0.5) is 9.18 Å². The van der Waals surface area contributed by atoms with Gasteiger partial charge in [-0.15, -0.1) is 6.58 Å². The Bertz CT molecular complexity index is 2170. The molecule has 1 saturated carbocycles. The number of carbonyl (C=O) groups is 1. The van der Waals surface area contributed by atoms with E-state index in [0.29, 0.717) is 35.6 Å². The summed E-state index contributed by atoms with van der Waals surface area (Å²) in [5.74, 6) is -1.31. The van der Waals surface area contributed by atoms with E-state index in [1.54, 1.807) is 36.1 Å². The first-order chi connectivity index (χ1) is 29.4. The molecule has 0 aromatic heterocycles. The summed E-state index contributed by atoms with van der Waals surface area (Å²) in [7, 11) is 1.53. The van der Waals surface area contributed by atoms with Crippen molar-refractivity contribution in [1.82, 2.24) is 4.90 Å². The van der Waals surface area contributed by atoms with Crippen LogP contribution in [0, 0.1) is 23.6 Å². The number of amides is 1. The molecule has 4 aromatic rings. The number of benzene rings is 4. The third-order valence-electron chi connectivity index (χ3n) is 12.3. The SMILES string of the molecule is C=CCOC12Oc3ccc(OCc4ccccc4F)cc3C3C(CCCCO)C(CCCCO)C=C(C(=NOC)CC1N(Cc1cccc4ccccc14)C(=O)OCC)C32. The van der Waals surface area contributed by atoms with Crippen LogP contribution in [0.5, 0.6) is 11.5 Å². The number of hydrogen-bond donors (Lipinski definition) is 2. The van der Waals surface area contributed by atoms with Crippen LogP contribution in [0.3, 0.4) is 0 Å². The third-order valence-corrected chi connectivity index (χ3v) is 12.3. The highest BCUT2D eigenvalue weighted by Gasteiger charge is 2.65. The molecule has 10 nitrogen and oxygen atoms in total. The molecule has 2 aliphatic carbocycles. The Hall–Kier alpha value is -5.23. The minimum Gasteiger partial charge on any atom is -0.489 e. The van der Waals surface area contributed by atoms with E-state index in [-0.39, 0.29) is 69.6 Å². The average Bonchev–Trinajstić information content (AvgIpc) is 3.26. The fourth-order valence-corrected chi connectivity index (χ4v) is 9.75. The highest BCUT2D eigenvalue weighted by Crippen LogP contribution is 2.62. The van der Waals surface area contributed by atoms with E-state index >= 15 is 0 Å². The number of rotatable bonds is 19. The van der Waals surface area contributed by atoms with Gasteiger partial charge in [-0.2, -0.15) is 0 Å². The van der Waals surface area contributed by atoms with Crippen molar-refractivity contribution in [2.45, 2.75) is 82.8 Å². The van der Waals surface area contributed by atoms with E-state index < -0.39 is 23.8 Å². The summed E-state index contributed by atoms with van der Waals surface area (Å²) in [6.07, 6.45) is 8.22. The fraction of sp³-hybridized carbons (Fsp3) is 0.429. The molecule has 1 aliphatic heterocycles. The van der Waals surface area contributed by atoms with Crippen molar-refractivity contribution in [3.63, 3.8) is 0 Å². The Kier molecular flexibility index (Phi) is 14.2. The largest absolute Gasteiger partial charge is 0.489 e. The summed E-state index contributed by atoms with van der Waals surface area (Å²) in [6, 6.07) is 25.7. The standard InChI is InChI=1S/C49H57FN2O8/c1-4-27-59-49-45(52(48(55)57-5-2)31-35-19-14-18-33-15-6-8-20-38(33)35)30-43(51-56-3)40-28-34(16-10-12-25-53)39(21-11-13-26-54)46(47(40)49)41-29-37(23-24-44(41)60-49)58-32-36-17-7-9-22-42(36)50/h4,6-9,14-15,17-20,22-24,28-29,34,39,45-47,53-54H,1,5,10-13,16,21,25-27,30-32H2,2-3H3.